The van der Waals surface area contributed by atoms with Crippen molar-refractivity contribution in [1.82, 2.24) is 5.01 Å². The zero-order valence-corrected chi connectivity index (χ0v) is 14.2. The van der Waals surface area contributed by atoms with E-state index in [1.165, 1.54) is 5.01 Å². The average molecular weight is 310 g/mol. The molecule has 2 N–H and O–H groups in total. The highest BCUT2D eigenvalue weighted by atomic mass is 16.2. The number of rotatable bonds is 5. The lowest BCUT2D eigenvalue weighted by molar-refractivity contribution is -0.140. The van der Waals surface area contributed by atoms with E-state index in [1.807, 2.05) is 48.5 Å². The van der Waals surface area contributed by atoms with Crippen molar-refractivity contribution in [3.63, 3.8) is 0 Å². The highest BCUT2D eigenvalue weighted by Gasteiger charge is 2.33. The van der Waals surface area contributed by atoms with E-state index in [2.05, 4.69) is 32.9 Å². The fraction of sp³-hybridized carbons (Fsp3) is 0.350. The Kier molecular flexibility index (Phi) is 5.56. The topological polar surface area (TPSA) is 46.3 Å². The molecule has 2 aromatic carbocycles. The van der Waals surface area contributed by atoms with Crippen LogP contribution < -0.4 is 5.84 Å². The molecule has 0 radical (unpaired) electrons. The maximum Gasteiger partial charge on any atom is 0.240 e. The Morgan fingerprint density at radius 1 is 0.957 bits per heavy atom. The van der Waals surface area contributed by atoms with Crippen LogP contribution in [-0.2, 0) is 17.8 Å². The maximum atomic E-state index is 12.9. The monoisotopic (exact) mass is 310 g/mol. The van der Waals surface area contributed by atoms with Gasteiger partial charge in [-0.15, -0.1) is 0 Å². The third-order valence-electron chi connectivity index (χ3n) is 4.10. The van der Waals surface area contributed by atoms with Gasteiger partial charge in [0.05, 0.1) is 6.54 Å². The smallest absolute Gasteiger partial charge is 0.240 e. The molecule has 0 unspecified atom stereocenters. The van der Waals surface area contributed by atoms with Crippen LogP contribution >= 0.6 is 0 Å². The first kappa shape index (κ1) is 17.2. The van der Waals surface area contributed by atoms with Gasteiger partial charge in [0.25, 0.3) is 0 Å². The minimum atomic E-state index is -0.154. The zero-order chi connectivity index (χ0) is 16.9. The Labute approximate surface area is 139 Å². The summed E-state index contributed by atoms with van der Waals surface area (Å²) in [5, 5.41) is 1.36. The van der Waals surface area contributed by atoms with Crippen molar-refractivity contribution in [3.05, 3.63) is 71.8 Å². The molecule has 0 spiro atoms. The third-order valence-corrected chi connectivity index (χ3v) is 4.10. The van der Waals surface area contributed by atoms with Gasteiger partial charge in [-0.2, -0.15) is 0 Å². The summed E-state index contributed by atoms with van der Waals surface area (Å²) in [6.07, 6.45) is 0.700. The Morgan fingerprint density at radius 3 is 1.91 bits per heavy atom. The fourth-order valence-electron chi connectivity index (χ4n) is 2.67. The number of hydrazine groups is 1. The molecule has 0 aliphatic carbocycles. The van der Waals surface area contributed by atoms with Gasteiger partial charge in [-0.05, 0) is 23.0 Å². The molecule has 0 fully saturated rings. The minimum absolute atomic E-state index is 0.00907. The molecule has 0 heterocycles. The Balaban J connectivity index is 2.13. The molecule has 0 aliphatic heterocycles. The molecule has 2 aromatic rings. The SMILES string of the molecule is CC(C)(C)[C@H](Cc1ccccc1)C(=O)N(N)Cc1ccccc1. The lowest BCUT2D eigenvalue weighted by atomic mass is 9.76. The average Bonchev–Trinajstić information content (AvgIpc) is 2.53. The molecule has 23 heavy (non-hydrogen) atoms. The fourth-order valence-corrected chi connectivity index (χ4v) is 2.67. The zero-order valence-electron chi connectivity index (χ0n) is 14.2. The van der Waals surface area contributed by atoms with Crippen molar-refractivity contribution in [1.29, 1.82) is 0 Å². The van der Waals surface area contributed by atoms with Gasteiger partial charge in [0, 0.05) is 5.92 Å². The largest absolute Gasteiger partial charge is 0.276 e. The van der Waals surface area contributed by atoms with Crippen LogP contribution in [-0.4, -0.2) is 10.9 Å². The second kappa shape index (κ2) is 7.42. The van der Waals surface area contributed by atoms with Crippen LogP contribution in [0.4, 0.5) is 0 Å². The number of hydrogen-bond donors (Lipinski definition) is 1. The van der Waals surface area contributed by atoms with E-state index in [1.54, 1.807) is 0 Å². The number of amides is 1. The van der Waals surface area contributed by atoms with Crippen molar-refractivity contribution >= 4 is 5.91 Å². The minimum Gasteiger partial charge on any atom is -0.276 e. The number of carbonyl (C=O) groups excluding carboxylic acids is 1. The van der Waals surface area contributed by atoms with E-state index in [-0.39, 0.29) is 17.2 Å². The predicted molar refractivity (Wildman–Crippen MR) is 94.3 cm³/mol. The van der Waals surface area contributed by atoms with Gasteiger partial charge in [0.1, 0.15) is 0 Å². The summed E-state index contributed by atoms with van der Waals surface area (Å²) in [6.45, 7) is 6.71. The van der Waals surface area contributed by atoms with Crippen molar-refractivity contribution in [3.8, 4) is 0 Å². The number of nitrogens with two attached hydrogens (primary N) is 1. The van der Waals surface area contributed by atoms with Crippen LogP contribution in [0.15, 0.2) is 60.7 Å². The highest BCUT2D eigenvalue weighted by molar-refractivity contribution is 5.79. The van der Waals surface area contributed by atoms with Gasteiger partial charge in [-0.25, -0.2) is 5.84 Å². The Bertz CT molecular complexity index is 617. The van der Waals surface area contributed by atoms with Gasteiger partial charge in [0.15, 0.2) is 0 Å². The molecule has 3 nitrogen and oxygen atoms in total. The Morgan fingerprint density at radius 2 is 1.43 bits per heavy atom. The summed E-state index contributed by atoms with van der Waals surface area (Å²) in [5.74, 6) is 5.92. The molecule has 1 atom stereocenters. The first-order chi connectivity index (χ1) is 10.9. The first-order valence-electron chi connectivity index (χ1n) is 8.02. The molecule has 1 amide bonds. The van der Waals surface area contributed by atoms with Gasteiger partial charge in [0.2, 0.25) is 5.91 Å². The lowest BCUT2D eigenvalue weighted by Gasteiger charge is -2.33. The quantitative estimate of drug-likeness (QED) is 0.519. The van der Waals surface area contributed by atoms with Crippen LogP contribution in [0, 0.1) is 11.3 Å². The molecular weight excluding hydrogens is 284 g/mol. The molecule has 0 saturated heterocycles. The third kappa shape index (κ3) is 4.93. The van der Waals surface area contributed by atoms with Gasteiger partial charge in [-0.3, -0.25) is 9.80 Å². The molecule has 122 valence electrons. The van der Waals surface area contributed by atoms with Crippen molar-refractivity contribution in [2.75, 3.05) is 0 Å². The summed E-state index contributed by atoms with van der Waals surface area (Å²) in [4.78, 5) is 12.9. The normalized spacial score (nSPS) is 12.7. The van der Waals surface area contributed by atoms with Crippen LogP contribution in [0.5, 0.6) is 0 Å². The number of nitrogens with zero attached hydrogens (tertiary/aromatic N) is 1. The van der Waals surface area contributed by atoms with Gasteiger partial charge in [-0.1, -0.05) is 81.4 Å². The van der Waals surface area contributed by atoms with E-state index < -0.39 is 0 Å². The molecule has 0 saturated carbocycles. The summed E-state index contributed by atoms with van der Waals surface area (Å²) in [6, 6.07) is 20.0. The Hall–Kier alpha value is -2.13. The van der Waals surface area contributed by atoms with E-state index >= 15 is 0 Å². The van der Waals surface area contributed by atoms with Crippen LogP contribution in [0.3, 0.4) is 0 Å². The predicted octanol–water partition coefficient (Wildman–Crippen LogP) is 3.79. The number of carbonyl (C=O) groups is 1. The van der Waals surface area contributed by atoms with Gasteiger partial charge >= 0.3 is 0 Å². The summed E-state index contributed by atoms with van der Waals surface area (Å²) < 4.78 is 0. The maximum absolute atomic E-state index is 12.9. The second-order valence-electron chi connectivity index (χ2n) is 7.06. The van der Waals surface area contributed by atoms with E-state index in [0.717, 1.165) is 11.1 Å². The van der Waals surface area contributed by atoms with Crippen LogP contribution in [0.2, 0.25) is 0 Å². The van der Waals surface area contributed by atoms with Crippen LogP contribution in [0.25, 0.3) is 0 Å². The molecule has 0 aromatic heterocycles. The molecule has 0 bridgehead atoms. The van der Waals surface area contributed by atoms with E-state index in [4.69, 9.17) is 5.84 Å². The van der Waals surface area contributed by atoms with Crippen molar-refractivity contribution in [2.45, 2.75) is 33.7 Å². The highest BCUT2D eigenvalue weighted by Crippen LogP contribution is 2.30. The molecule has 3 heteroatoms. The summed E-state index contributed by atoms with van der Waals surface area (Å²) >= 11 is 0. The van der Waals surface area contributed by atoms with Gasteiger partial charge < -0.3 is 0 Å². The molecular formula is C20H26N2O. The van der Waals surface area contributed by atoms with Crippen LogP contribution in [0.1, 0.15) is 31.9 Å². The van der Waals surface area contributed by atoms with Crippen molar-refractivity contribution < 1.29 is 4.79 Å². The lowest BCUT2D eigenvalue weighted by Crippen LogP contribution is -2.45. The van der Waals surface area contributed by atoms with E-state index in [0.29, 0.717) is 13.0 Å². The number of benzene rings is 2. The first-order valence-corrected chi connectivity index (χ1v) is 8.02. The second-order valence-corrected chi connectivity index (χ2v) is 7.06. The summed E-state index contributed by atoms with van der Waals surface area (Å²) in [5.41, 5.74) is 2.05. The summed E-state index contributed by atoms with van der Waals surface area (Å²) in [7, 11) is 0. The standard InChI is InChI=1S/C20H26N2O/c1-20(2,3)18(14-16-10-6-4-7-11-16)19(23)22(21)15-17-12-8-5-9-13-17/h4-13,18H,14-15,21H2,1-3H3/t18-/m1/s1. The molecule has 2 rings (SSSR count). The van der Waals surface area contributed by atoms with Crippen molar-refractivity contribution in [2.24, 2.45) is 17.2 Å². The van der Waals surface area contributed by atoms with E-state index in [9.17, 15) is 4.79 Å². The number of hydrogen-bond acceptors (Lipinski definition) is 2. The molecule has 0 aliphatic rings.